The number of carboxylic acid groups (broad SMARTS) is 1. The summed E-state index contributed by atoms with van der Waals surface area (Å²) in [6.07, 6.45) is 8.57. The number of aliphatic carboxylic acids is 1. The third-order valence-corrected chi connectivity index (χ3v) is 4.74. The molecule has 26 heavy (non-hydrogen) atoms. The van der Waals surface area contributed by atoms with Crippen LogP contribution in [0.3, 0.4) is 0 Å². The first-order chi connectivity index (χ1) is 12.6. The van der Waals surface area contributed by atoms with E-state index in [-0.39, 0.29) is 18.4 Å². The molecule has 1 unspecified atom stereocenters. The monoisotopic (exact) mass is 359 g/mol. The van der Waals surface area contributed by atoms with Crippen LogP contribution in [0.15, 0.2) is 42.5 Å². The van der Waals surface area contributed by atoms with Crippen LogP contribution < -0.4 is 0 Å². The number of unbranched alkanes of at least 4 members (excludes halogenated alkanes) is 2. The highest BCUT2D eigenvalue weighted by atomic mass is 16.4. The number of hydrogen-bond acceptors (Lipinski definition) is 3. The largest absolute Gasteiger partial charge is 0.481 e. The minimum Gasteiger partial charge on any atom is -0.481 e. The Bertz CT molecular complexity index is 599. The van der Waals surface area contributed by atoms with Crippen LogP contribution in [-0.4, -0.2) is 45.7 Å². The summed E-state index contributed by atoms with van der Waals surface area (Å²) in [5.41, 5.74) is 1.08. The van der Waals surface area contributed by atoms with Crippen molar-refractivity contribution in [3.8, 4) is 0 Å². The molecular weight excluding hydrogens is 330 g/mol. The fourth-order valence-corrected chi connectivity index (χ4v) is 3.35. The fourth-order valence-electron chi connectivity index (χ4n) is 3.35. The Balaban J connectivity index is 1.83. The molecule has 1 fully saturated rings. The number of aliphatic hydroxyl groups excluding tert-OH is 1. The highest BCUT2D eigenvalue weighted by Crippen LogP contribution is 2.20. The molecule has 5 nitrogen and oxygen atoms in total. The molecule has 0 bridgehead atoms. The van der Waals surface area contributed by atoms with Gasteiger partial charge in [-0.3, -0.25) is 9.59 Å². The number of carbonyl (C=O) groups is 2. The van der Waals surface area contributed by atoms with Crippen molar-refractivity contribution < 1.29 is 19.8 Å². The second-order valence-corrected chi connectivity index (χ2v) is 6.89. The number of benzene rings is 1. The maximum Gasteiger partial charge on any atom is 0.303 e. The number of amides is 1. The Morgan fingerprint density at radius 2 is 2.00 bits per heavy atom. The maximum absolute atomic E-state index is 12.2. The lowest BCUT2D eigenvalue weighted by Crippen LogP contribution is -2.43. The predicted octanol–water partition coefficient (Wildman–Crippen LogP) is 3.17. The molecule has 1 amide bonds. The highest BCUT2D eigenvalue weighted by molar-refractivity contribution is 5.77. The van der Waals surface area contributed by atoms with E-state index in [9.17, 15) is 14.7 Å². The molecule has 0 radical (unpaired) electrons. The van der Waals surface area contributed by atoms with E-state index < -0.39 is 12.1 Å². The molecule has 1 aromatic rings. The van der Waals surface area contributed by atoms with Gasteiger partial charge < -0.3 is 15.1 Å². The molecule has 2 atom stereocenters. The smallest absolute Gasteiger partial charge is 0.303 e. The van der Waals surface area contributed by atoms with Gasteiger partial charge in [0.25, 0.3) is 0 Å². The molecule has 0 saturated carbocycles. The summed E-state index contributed by atoms with van der Waals surface area (Å²) in [5.74, 6) is -0.617. The number of carboxylic acids is 1. The van der Waals surface area contributed by atoms with Crippen molar-refractivity contribution in [2.75, 3.05) is 6.54 Å². The number of hydrogen-bond donors (Lipinski definition) is 2. The first-order valence-corrected chi connectivity index (χ1v) is 9.48. The van der Waals surface area contributed by atoms with Gasteiger partial charge in [-0.1, -0.05) is 48.9 Å². The van der Waals surface area contributed by atoms with Gasteiger partial charge in [-0.15, -0.1) is 0 Å². The number of rotatable bonds is 10. The van der Waals surface area contributed by atoms with E-state index in [1.165, 1.54) is 0 Å². The molecule has 5 heteroatoms. The number of piperidine rings is 1. The van der Waals surface area contributed by atoms with Gasteiger partial charge in [0, 0.05) is 25.8 Å². The molecule has 0 aromatic heterocycles. The van der Waals surface area contributed by atoms with Crippen LogP contribution >= 0.6 is 0 Å². The van der Waals surface area contributed by atoms with Crippen LogP contribution in [0.25, 0.3) is 0 Å². The summed E-state index contributed by atoms with van der Waals surface area (Å²) < 4.78 is 0. The lowest BCUT2D eigenvalue weighted by molar-refractivity contribution is -0.137. The minimum absolute atomic E-state index is 0.0288. The molecule has 0 spiro atoms. The van der Waals surface area contributed by atoms with Gasteiger partial charge in [0.1, 0.15) is 0 Å². The molecule has 2 N–H and O–H groups in total. The lowest BCUT2D eigenvalue weighted by atomic mass is 9.99. The maximum atomic E-state index is 12.2. The van der Waals surface area contributed by atoms with E-state index in [0.29, 0.717) is 25.8 Å². The first-order valence-electron chi connectivity index (χ1n) is 9.48. The van der Waals surface area contributed by atoms with Crippen molar-refractivity contribution in [2.45, 2.75) is 63.5 Å². The van der Waals surface area contributed by atoms with Crippen molar-refractivity contribution in [3.05, 3.63) is 48.0 Å². The Hall–Kier alpha value is -2.14. The molecule has 142 valence electrons. The number of nitrogens with zero attached hydrogens (tertiary/aromatic N) is 1. The summed E-state index contributed by atoms with van der Waals surface area (Å²) in [4.78, 5) is 24.7. The summed E-state index contributed by atoms with van der Waals surface area (Å²) >= 11 is 0. The minimum atomic E-state index is -0.771. The van der Waals surface area contributed by atoms with Crippen molar-refractivity contribution in [1.82, 2.24) is 4.90 Å². The van der Waals surface area contributed by atoms with E-state index in [4.69, 9.17) is 5.11 Å². The predicted molar refractivity (Wildman–Crippen MR) is 101 cm³/mol. The Labute approximate surface area is 155 Å². The topological polar surface area (TPSA) is 77.8 Å². The Morgan fingerprint density at radius 1 is 1.23 bits per heavy atom. The zero-order chi connectivity index (χ0) is 18.8. The SMILES string of the molecule is O=C(O)CCCCCN1C(=O)CCC[C@@H]1C=CC(O)Cc1ccccc1. The number of likely N-dealkylation sites (tertiary alicyclic amines) is 1. The second kappa shape index (κ2) is 10.8. The lowest BCUT2D eigenvalue weighted by Gasteiger charge is -2.34. The quantitative estimate of drug-likeness (QED) is 0.497. The average molecular weight is 359 g/mol. The van der Waals surface area contributed by atoms with Gasteiger partial charge in [0.2, 0.25) is 5.91 Å². The first kappa shape index (κ1) is 20.2. The van der Waals surface area contributed by atoms with E-state index in [1.54, 1.807) is 6.08 Å². The van der Waals surface area contributed by atoms with Crippen molar-refractivity contribution in [2.24, 2.45) is 0 Å². The number of aliphatic hydroxyl groups is 1. The zero-order valence-corrected chi connectivity index (χ0v) is 15.2. The van der Waals surface area contributed by atoms with Crippen molar-refractivity contribution in [3.63, 3.8) is 0 Å². The van der Waals surface area contributed by atoms with Crippen LogP contribution in [0.5, 0.6) is 0 Å². The molecule has 1 heterocycles. The van der Waals surface area contributed by atoms with E-state index in [0.717, 1.165) is 31.2 Å². The molecule has 1 aliphatic rings. The highest BCUT2D eigenvalue weighted by Gasteiger charge is 2.25. The van der Waals surface area contributed by atoms with Crippen molar-refractivity contribution in [1.29, 1.82) is 0 Å². The van der Waals surface area contributed by atoms with E-state index >= 15 is 0 Å². The third kappa shape index (κ3) is 7.00. The third-order valence-electron chi connectivity index (χ3n) is 4.74. The molecule has 1 saturated heterocycles. The molecule has 1 aliphatic heterocycles. The summed E-state index contributed by atoms with van der Waals surface area (Å²) in [5, 5.41) is 18.9. The van der Waals surface area contributed by atoms with E-state index in [2.05, 4.69) is 0 Å². The van der Waals surface area contributed by atoms with Crippen LogP contribution in [-0.2, 0) is 16.0 Å². The van der Waals surface area contributed by atoms with Crippen molar-refractivity contribution >= 4 is 11.9 Å². The summed E-state index contributed by atoms with van der Waals surface area (Å²) in [6, 6.07) is 9.87. The molecular formula is C21H29NO4. The Kier molecular flexibility index (Phi) is 8.35. The van der Waals surface area contributed by atoms with Crippen LogP contribution in [0.4, 0.5) is 0 Å². The van der Waals surface area contributed by atoms with Gasteiger partial charge in [-0.05, 0) is 31.2 Å². The second-order valence-electron chi connectivity index (χ2n) is 6.89. The van der Waals surface area contributed by atoms with Gasteiger partial charge in [-0.25, -0.2) is 0 Å². The van der Waals surface area contributed by atoms with E-state index in [1.807, 2.05) is 41.3 Å². The summed E-state index contributed by atoms with van der Waals surface area (Å²) in [7, 11) is 0. The standard InChI is InChI=1S/C21H29NO4/c23-19(16-17-8-3-1-4-9-17)14-13-18-10-7-11-20(24)22(18)15-6-2-5-12-21(25)26/h1,3-4,8-9,13-14,18-19,23H,2,5-7,10-12,15-16H2,(H,25,26)/t18-,19?/m1/s1. The molecule has 0 aliphatic carbocycles. The number of carbonyl (C=O) groups excluding carboxylic acids is 1. The van der Waals surface area contributed by atoms with Gasteiger partial charge in [0.05, 0.1) is 12.1 Å². The van der Waals surface area contributed by atoms with Gasteiger partial charge in [0.15, 0.2) is 0 Å². The summed E-state index contributed by atoms with van der Waals surface area (Å²) in [6.45, 7) is 0.655. The van der Waals surface area contributed by atoms with Gasteiger partial charge in [-0.2, -0.15) is 0 Å². The van der Waals surface area contributed by atoms with Gasteiger partial charge >= 0.3 is 5.97 Å². The van der Waals surface area contributed by atoms with Crippen LogP contribution in [0.2, 0.25) is 0 Å². The zero-order valence-electron chi connectivity index (χ0n) is 15.2. The Morgan fingerprint density at radius 3 is 2.73 bits per heavy atom. The average Bonchev–Trinajstić information content (AvgIpc) is 2.62. The van der Waals surface area contributed by atoms with Crippen LogP contribution in [0.1, 0.15) is 50.5 Å². The van der Waals surface area contributed by atoms with Crippen LogP contribution in [0, 0.1) is 0 Å². The normalized spacial score (nSPS) is 19.0. The molecule has 1 aromatic carbocycles. The molecule has 2 rings (SSSR count). The fraction of sp³-hybridized carbons (Fsp3) is 0.524.